The van der Waals surface area contributed by atoms with Gasteiger partial charge in [0.05, 0.1) is 5.69 Å². The summed E-state index contributed by atoms with van der Waals surface area (Å²) >= 11 is 0. The molecule has 108 valence electrons. The molecule has 1 aliphatic rings. The van der Waals surface area contributed by atoms with Crippen molar-refractivity contribution in [1.82, 2.24) is 15.5 Å². The minimum Gasteiger partial charge on any atom is -0.352 e. The first kappa shape index (κ1) is 14.5. The Morgan fingerprint density at radius 3 is 2.60 bits per heavy atom. The highest BCUT2D eigenvalue weighted by atomic mass is 16.2. The number of amides is 1. The van der Waals surface area contributed by atoms with Gasteiger partial charge in [-0.2, -0.15) is 5.10 Å². The maximum Gasteiger partial charge on any atom is 0.269 e. The molecule has 1 aromatic rings. The van der Waals surface area contributed by atoms with Crippen LogP contribution in [0.4, 0.5) is 0 Å². The van der Waals surface area contributed by atoms with Crippen molar-refractivity contribution in [1.29, 1.82) is 0 Å². The molecule has 0 radical (unpaired) electrons. The average Bonchev–Trinajstić information content (AvgIpc) is 2.99. The maximum absolute atomic E-state index is 12.0. The highest BCUT2D eigenvalue weighted by molar-refractivity contribution is 5.79. The number of nitrogens with zero attached hydrogens (tertiary/aromatic N) is 1. The number of aromatic nitrogens is 2. The highest BCUT2D eigenvalue weighted by Gasteiger charge is 2.20. The molecule has 1 aromatic heterocycles. The molecule has 0 atom stereocenters. The topological polar surface area (TPSA) is 74.8 Å². The van der Waals surface area contributed by atoms with Crippen LogP contribution in [0.25, 0.3) is 0 Å². The average molecular weight is 275 g/mol. The molecule has 5 nitrogen and oxygen atoms in total. The first-order valence-electron chi connectivity index (χ1n) is 7.19. The molecule has 1 amide bonds. The minimum absolute atomic E-state index is 0.0197. The normalized spacial score (nSPS) is 14.7. The summed E-state index contributed by atoms with van der Waals surface area (Å²) in [5.41, 5.74) is 2.29. The third kappa shape index (κ3) is 2.98. The van der Waals surface area contributed by atoms with Gasteiger partial charge in [0.1, 0.15) is 0 Å². The Labute approximate surface area is 118 Å². The number of hydrogen-bond acceptors (Lipinski definition) is 3. The Kier molecular flexibility index (Phi) is 4.71. The standard InChI is InChI=1S/C15H21N3O2/c1-3-11-12(15(20)18-17-13(11)4-2)9-16-14(19)10-7-5-6-8-10/h5-6,10H,3-4,7-9H2,1-2H3,(H,16,19)(H,18,20). The molecule has 0 saturated heterocycles. The quantitative estimate of drug-likeness (QED) is 0.799. The van der Waals surface area contributed by atoms with Crippen molar-refractivity contribution in [3.05, 3.63) is 39.3 Å². The second-order valence-corrected chi connectivity index (χ2v) is 5.02. The molecule has 0 aromatic carbocycles. The van der Waals surface area contributed by atoms with Gasteiger partial charge in [0.25, 0.3) is 5.56 Å². The van der Waals surface area contributed by atoms with E-state index in [1.54, 1.807) is 0 Å². The number of hydrogen-bond donors (Lipinski definition) is 2. The molecule has 1 heterocycles. The van der Waals surface area contributed by atoms with Crippen molar-refractivity contribution >= 4 is 5.91 Å². The molecular formula is C15H21N3O2. The lowest BCUT2D eigenvalue weighted by atomic mass is 10.0. The van der Waals surface area contributed by atoms with Crippen LogP contribution in [0.2, 0.25) is 0 Å². The number of aryl methyl sites for hydroxylation is 1. The molecule has 20 heavy (non-hydrogen) atoms. The molecule has 0 fully saturated rings. The first-order chi connectivity index (χ1) is 9.67. The fourth-order valence-electron chi connectivity index (χ4n) is 2.61. The Morgan fingerprint density at radius 1 is 1.30 bits per heavy atom. The second kappa shape index (κ2) is 6.50. The third-order valence-corrected chi connectivity index (χ3v) is 3.79. The molecule has 5 heteroatoms. The van der Waals surface area contributed by atoms with Crippen LogP contribution in [0.3, 0.4) is 0 Å². The van der Waals surface area contributed by atoms with Gasteiger partial charge in [-0.15, -0.1) is 0 Å². The van der Waals surface area contributed by atoms with Gasteiger partial charge in [-0.1, -0.05) is 26.0 Å². The Morgan fingerprint density at radius 2 is 2.00 bits per heavy atom. The minimum atomic E-state index is -0.205. The molecule has 0 bridgehead atoms. The molecule has 2 N–H and O–H groups in total. The van der Waals surface area contributed by atoms with Crippen molar-refractivity contribution in [2.45, 2.75) is 46.1 Å². The van der Waals surface area contributed by atoms with Gasteiger partial charge in [0.15, 0.2) is 0 Å². The zero-order chi connectivity index (χ0) is 14.5. The fraction of sp³-hybridized carbons (Fsp3) is 0.533. The summed E-state index contributed by atoms with van der Waals surface area (Å²) in [5, 5.41) is 9.47. The van der Waals surface area contributed by atoms with E-state index in [2.05, 4.69) is 15.5 Å². The van der Waals surface area contributed by atoms with E-state index in [-0.39, 0.29) is 23.9 Å². The molecule has 0 aliphatic heterocycles. The van der Waals surface area contributed by atoms with E-state index in [1.807, 2.05) is 26.0 Å². The lowest BCUT2D eigenvalue weighted by Gasteiger charge is -2.13. The van der Waals surface area contributed by atoms with Crippen molar-refractivity contribution in [3.63, 3.8) is 0 Å². The van der Waals surface area contributed by atoms with Crippen LogP contribution >= 0.6 is 0 Å². The number of rotatable bonds is 5. The van der Waals surface area contributed by atoms with Crippen LogP contribution in [-0.2, 0) is 24.2 Å². The van der Waals surface area contributed by atoms with Crippen LogP contribution < -0.4 is 10.9 Å². The van der Waals surface area contributed by atoms with E-state index in [1.165, 1.54) is 0 Å². The zero-order valence-corrected chi connectivity index (χ0v) is 12.0. The van der Waals surface area contributed by atoms with E-state index in [4.69, 9.17) is 0 Å². The largest absolute Gasteiger partial charge is 0.352 e. The van der Waals surface area contributed by atoms with Gasteiger partial charge in [0, 0.05) is 18.0 Å². The van der Waals surface area contributed by atoms with Gasteiger partial charge in [-0.3, -0.25) is 9.59 Å². The van der Waals surface area contributed by atoms with E-state index >= 15 is 0 Å². The maximum atomic E-state index is 12.0. The van der Waals surface area contributed by atoms with Gasteiger partial charge in [0.2, 0.25) is 5.91 Å². The number of carbonyl (C=O) groups excluding carboxylic acids is 1. The van der Waals surface area contributed by atoms with E-state index in [0.29, 0.717) is 5.56 Å². The lowest BCUT2D eigenvalue weighted by Crippen LogP contribution is -2.32. The van der Waals surface area contributed by atoms with E-state index < -0.39 is 0 Å². The summed E-state index contributed by atoms with van der Waals surface area (Å²) in [7, 11) is 0. The molecule has 0 saturated carbocycles. The molecule has 0 spiro atoms. The summed E-state index contributed by atoms with van der Waals surface area (Å²) in [6, 6.07) is 0. The van der Waals surface area contributed by atoms with Crippen LogP contribution in [0, 0.1) is 5.92 Å². The second-order valence-electron chi connectivity index (χ2n) is 5.02. The van der Waals surface area contributed by atoms with Crippen molar-refractivity contribution in [2.24, 2.45) is 5.92 Å². The number of H-pyrrole nitrogens is 1. The van der Waals surface area contributed by atoms with Crippen molar-refractivity contribution < 1.29 is 4.79 Å². The summed E-state index contributed by atoms with van der Waals surface area (Å²) in [4.78, 5) is 23.9. The third-order valence-electron chi connectivity index (χ3n) is 3.79. The number of carbonyl (C=O) groups is 1. The number of nitrogens with one attached hydrogen (secondary N) is 2. The van der Waals surface area contributed by atoms with Crippen LogP contribution in [0.1, 0.15) is 43.5 Å². The van der Waals surface area contributed by atoms with E-state index in [0.717, 1.165) is 36.9 Å². The summed E-state index contributed by atoms with van der Waals surface area (Å²) in [5.74, 6) is 0.0398. The Balaban J connectivity index is 2.12. The summed E-state index contributed by atoms with van der Waals surface area (Å²) in [6.45, 7) is 4.29. The van der Waals surface area contributed by atoms with Crippen LogP contribution in [0.5, 0.6) is 0 Å². The molecule has 0 unspecified atom stereocenters. The van der Waals surface area contributed by atoms with E-state index in [9.17, 15) is 9.59 Å². The van der Waals surface area contributed by atoms with Crippen LogP contribution in [0.15, 0.2) is 16.9 Å². The van der Waals surface area contributed by atoms with Gasteiger partial charge in [-0.05, 0) is 31.2 Å². The predicted molar refractivity (Wildman–Crippen MR) is 77.3 cm³/mol. The van der Waals surface area contributed by atoms with Gasteiger partial charge < -0.3 is 5.32 Å². The fourth-order valence-corrected chi connectivity index (χ4v) is 2.61. The van der Waals surface area contributed by atoms with Crippen molar-refractivity contribution in [3.8, 4) is 0 Å². The van der Waals surface area contributed by atoms with Gasteiger partial charge in [-0.25, -0.2) is 5.10 Å². The number of aromatic amines is 1. The SMILES string of the molecule is CCc1n[nH]c(=O)c(CNC(=O)C2CC=CC2)c1CC. The molecular weight excluding hydrogens is 254 g/mol. The Bertz CT molecular complexity index is 567. The first-order valence-corrected chi connectivity index (χ1v) is 7.19. The van der Waals surface area contributed by atoms with Gasteiger partial charge >= 0.3 is 0 Å². The van der Waals surface area contributed by atoms with Crippen LogP contribution in [-0.4, -0.2) is 16.1 Å². The Hall–Kier alpha value is -1.91. The molecule has 2 rings (SSSR count). The smallest absolute Gasteiger partial charge is 0.269 e. The monoisotopic (exact) mass is 275 g/mol. The summed E-state index contributed by atoms with van der Waals surface area (Å²) < 4.78 is 0. The summed E-state index contributed by atoms with van der Waals surface area (Å²) in [6.07, 6.45) is 7.15. The zero-order valence-electron chi connectivity index (χ0n) is 12.0. The highest BCUT2D eigenvalue weighted by Crippen LogP contribution is 2.18. The molecule has 1 aliphatic carbocycles. The number of allylic oxidation sites excluding steroid dienone is 2. The van der Waals surface area contributed by atoms with Crippen molar-refractivity contribution in [2.75, 3.05) is 0 Å². The lowest BCUT2D eigenvalue weighted by molar-refractivity contribution is -0.124. The predicted octanol–water partition coefficient (Wildman–Crippen LogP) is 1.48.